The lowest BCUT2D eigenvalue weighted by atomic mass is 10.1. The van der Waals surface area contributed by atoms with Crippen molar-refractivity contribution >= 4 is 5.91 Å². The van der Waals surface area contributed by atoms with Crippen LogP contribution in [-0.4, -0.2) is 16.0 Å². The second kappa shape index (κ2) is 5.62. The molecule has 0 saturated heterocycles. The van der Waals surface area contributed by atoms with Gasteiger partial charge in [0.2, 0.25) is 5.82 Å². The molecule has 0 unspecified atom stereocenters. The summed E-state index contributed by atoms with van der Waals surface area (Å²) in [6.45, 7) is 2.24. The van der Waals surface area contributed by atoms with Crippen LogP contribution in [0.15, 0.2) is 51.6 Å². The molecule has 0 saturated carbocycles. The first-order valence-corrected chi connectivity index (χ1v) is 6.44. The van der Waals surface area contributed by atoms with Crippen molar-refractivity contribution in [3.8, 4) is 11.4 Å². The van der Waals surface area contributed by atoms with Crippen molar-refractivity contribution < 1.29 is 13.7 Å². The Hall–Kier alpha value is -2.89. The van der Waals surface area contributed by atoms with Gasteiger partial charge in [0.05, 0.1) is 12.8 Å². The Labute approximate surface area is 120 Å². The number of aryl methyl sites for hydroxylation is 1. The third kappa shape index (κ3) is 3.00. The van der Waals surface area contributed by atoms with Crippen molar-refractivity contribution in [1.82, 2.24) is 15.5 Å². The summed E-state index contributed by atoms with van der Waals surface area (Å²) in [5.74, 6) is 0.541. The molecule has 0 bridgehead atoms. The quantitative estimate of drug-likeness (QED) is 0.795. The van der Waals surface area contributed by atoms with Gasteiger partial charge in [0.1, 0.15) is 5.76 Å². The summed E-state index contributed by atoms with van der Waals surface area (Å²) in [6.07, 6.45) is 1.55. The van der Waals surface area contributed by atoms with Crippen LogP contribution in [-0.2, 0) is 6.54 Å². The summed E-state index contributed by atoms with van der Waals surface area (Å²) in [6, 6.07) is 11.2. The molecule has 1 N–H and O–H groups in total. The molecule has 1 amide bonds. The maximum absolute atomic E-state index is 11.9. The van der Waals surface area contributed by atoms with E-state index in [4.69, 9.17) is 8.94 Å². The number of hydrogen-bond acceptors (Lipinski definition) is 5. The normalized spacial score (nSPS) is 10.5. The smallest absolute Gasteiger partial charge is 0.316 e. The van der Waals surface area contributed by atoms with E-state index in [1.807, 2.05) is 31.2 Å². The average molecular weight is 283 g/mol. The molecule has 3 rings (SSSR count). The summed E-state index contributed by atoms with van der Waals surface area (Å²) < 4.78 is 10.1. The van der Waals surface area contributed by atoms with Gasteiger partial charge in [0, 0.05) is 5.56 Å². The van der Waals surface area contributed by atoms with Gasteiger partial charge in [-0.05, 0) is 25.1 Å². The lowest BCUT2D eigenvalue weighted by Crippen LogP contribution is -2.22. The number of carbonyl (C=O) groups excluding carboxylic acids is 1. The second-order valence-corrected chi connectivity index (χ2v) is 4.55. The zero-order valence-corrected chi connectivity index (χ0v) is 11.4. The van der Waals surface area contributed by atoms with E-state index in [-0.39, 0.29) is 12.4 Å². The number of aromatic nitrogens is 2. The van der Waals surface area contributed by atoms with Gasteiger partial charge >= 0.3 is 11.8 Å². The zero-order valence-electron chi connectivity index (χ0n) is 11.4. The summed E-state index contributed by atoms with van der Waals surface area (Å²) in [5.41, 5.74) is 1.89. The highest BCUT2D eigenvalue weighted by atomic mass is 16.5. The van der Waals surface area contributed by atoms with E-state index < -0.39 is 5.91 Å². The van der Waals surface area contributed by atoms with Gasteiger partial charge in [-0.25, -0.2) is 0 Å². The van der Waals surface area contributed by atoms with Crippen molar-refractivity contribution in [3.63, 3.8) is 0 Å². The van der Waals surface area contributed by atoms with E-state index >= 15 is 0 Å². The predicted octanol–water partition coefficient (Wildman–Crippen LogP) is 2.57. The number of hydrogen-bond donors (Lipinski definition) is 1. The van der Waals surface area contributed by atoms with Gasteiger partial charge < -0.3 is 14.3 Å². The van der Waals surface area contributed by atoms with Crippen molar-refractivity contribution in [2.45, 2.75) is 13.5 Å². The number of carbonyl (C=O) groups is 1. The minimum Gasteiger partial charge on any atom is -0.467 e. The van der Waals surface area contributed by atoms with E-state index in [1.165, 1.54) is 0 Å². The Morgan fingerprint density at radius 1 is 1.29 bits per heavy atom. The van der Waals surface area contributed by atoms with Gasteiger partial charge in [0.25, 0.3) is 0 Å². The Morgan fingerprint density at radius 3 is 2.95 bits per heavy atom. The fraction of sp³-hybridized carbons (Fsp3) is 0.133. The molecule has 3 aromatic rings. The molecule has 0 spiro atoms. The second-order valence-electron chi connectivity index (χ2n) is 4.55. The van der Waals surface area contributed by atoms with Gasteiger partial charge in [-0.3, -0.25) is 4.79 Å². The monoisotopic (exact) mass is 283 g/mol. The zero-order chi connectivity index (χ0) is 14.7. The molecule has 1 aromatic carbocycles. The van der Waals surface area contributed by atoms with Crippen LogP contribution in [0, 0.1) is 6.92 Å². The summed E-state index contributed by atoms with van der Waals surface area (Å²) in [5, 5.41) is 6.47. The molecular weight excluding hydrogens is 270 g/mol. The van der Waals surface area contributed by atoms with Crippen LogP contribution in [0.25, 0.3) is 11.4 Å². The van der Waals surface area contributed by atoms with Crippen molar-refractivity contribution in [2.75, 3.05) is 0 Å². The molecule has 0 aliphatic heterocycles. The molecule has 2 aromatic heterocycles. The minimum atomic E-state index is -0.433. The third-order valence-electron chi connectivity index (χ3n) is 2.90. The van der Waals surface area contributed by atoms with Crippen molar-refractivity contribution in [3.05, 3.63) is 59.9 Å². The molecule has 6 heteroatoms. The van der Waals surface area contributed by atoms with Crippen LogP contribution >= 0.6 is 0 Å². The van der Waals surface area contributed by atoms with Crippen LogP contribution in [0.3, 0.4) is 0 Å². The Kier molecular flexibility index (Phi) is 3.51. The first kappa shape index (κ1) is 13.1. The van der Waals surface area contributed by atoms with Crippen LogP contribution in [0.1, 0.15) is 22.0 Å². The highest BCUT2D eigenvalue weighted by Crippen LogP contribution is 2.16. The van der Waals surface area contributed by atoms with Gasteiger partial charge in [0.15, 0.2) is 0 Å². The number of furan rings is 1. The Morgan fingerprint density at radius 2 is 2.19 bits per heavy atom. The van der Waals surface area contributed by atoms with Crippen LogP contribution in [0.5, 0.6) is 0 Å². The number of nitrogens with one attached hydrogen (secondary N) is 1. The van der Waals surface area contributed by atoms with E-state index in [9.17, 15) is 4.79 Å². The lowest BCUT2D eigenvalue weighted by Gasteiger charge is -1.98. The molecule has 0 aliphatic carbocycles. The van der Waals surface area contributed by atoms with Crippen molar-refractivity contribution in [1.29, 1.82) is 0 Å². The number of nitrogens with zero attached hydrogens (tertiary/aromatic N) is 2. The molecule has 2 heterocycles. The van der Waals surface area contributed by atoms with Gasteiger partial charge in [-0.1, -0.05) is 28.9 Å². The molecule has 6 nitrogen and oxygen atoms in total. The summed E-state index contributed by atoms with van der Waals surface area (Å²) in [7, 11) is 0. The average Bonchev–Trinajstić information content (AvgIpc) is 3.16. The van der Waals surface area contributed by atoms with Gasteiger partial charge in [-0.2, -0.15) is 4.98 Å². The first-order valence-electron chi connectivity index (χ1n) is 6.44. The van der Waals surface area contributed by atoms with E-state index in [1.54, 1.807) is 18.4 Å². The topological polar surface area (TPSA) is 81.2 Å². The Bertz CT molecular complexity index is 747. The molecule has 106 valence electrons. The third-order valence-corrected chi connectivity index (χ3v) is 2.90. The van der Waals surface area contributed by atoms with E-state index in [2.05, 4.69) is 15.5 Å². The highest BCUT2D eigenvalue weighted by molar-refractivity contribution is 5.89. The molecule has 0 atom stereocenters. The molecule has 0 fully saturated rings. The lowest BCUT2D eigenvalue weighted by molar-refractivity contribution is 0.0904. The summed E-state index contributed by atoms with van der Waals surface area (Å²) in [4.78, 5) is 16.0. The molecular formula is C15H13N3O3. The van der Waals surface area contributed by atoms with Gasteiger partial charge in [-0.15, -0.1) is 0 Å². The minimum absolute atomic E-state index is 0.0712. The Balaban J connectivity index is 1.71. The maximum Gasteiger partial charge on any atom is 0.316 e. The predicted molar refractivity (Wildman–Crippen MR) is 74.3 cm³/mol. The standard InChI is InChI=1S/C15H13N3O3/c1-10-4-2-5-11(8-10)13-17-15(21-18-13)14(19)16-9-12-6-3-7-20-12/h2-8H,9H2,1H3,(H,16,19). The molecule has 0 radical (unpaired) electrons. The maximum atomic E-state index is 11.9. The van der Waals surface area contributed by atoms with E-state index in [0.717, 1.165) is 11.1 Å². The number of benzene rings is 1. The SMILES string of the molecule is Cc1cccc(-c2noc(C(=O)NCc3ccco3)n2)c1. The summed E-state index contributed by atoms with van der Waals surface area (Å²) >= 11 is 0. The van der Waals surface area contributed by atoms with Crippen molar-refractivity contribution in [2.24, 2.45) is 0 Å². The van der Waals surface area contributed by atoms with Crippen LogP contribution < -0.4 is 5.32 Å². The number of rotatable bonds is 4. The van der Waals surface area contributed by atoms with Crippen LogP contribution in [0.4, 0.5) is 0 Å². The first-order chi connectivity index (χ1) is 10.2. The molecule has 21 heavy (non-hydrogen) atoms. The highest BCUT2D eigenvalue weighted by Gasteiger charge is 2.16. The largest absolute Gasteiger partial charge is 0.467 e. The fourth-order valence-electron chi connectivity index (χ4n) is 1.87. The van der Waals surface area contributed by atoms with E-state index in [0.29, 0.717) is 11.6 Å². The number of amides is 1. The van der Waals surface area contributed by atoms with Crippen LogP contribution in [0.2, 0.25) is 0 Å². The molecule has 0 aliphatic rings. The fourth-order valence-corrected chi connectivity index (χ4v) is 1.87.